The molecule has 0 spiro atoms. The molecule has 0 saturated carbocycles. The normalized spacial score (nSPS) is 10.3. The Hall–Kier alpha value is -2.04. The van der Waals surface area contributed by atoms with Gasteiger partial charge in [-0.05, 0) is 43.7 Å². The Balaban J connectivity index is 1.96. The molecule has 2 aromatic carbocycles. The van der Waals surface area contributed by atoms with Gasteiger partial charge in [0.25, 0.3) is 5.91 Å². The molecule has 0 bridgehead atoms. The average Bonchev–Trinajstić information content (AvgIpc) is 2.50. The minimum absolute atomic E-state index is 0.124. The summed E-state index contributed by atoms with van der Waals surface area (Å²) in [6.45, 7) is 3.45. The Morgan fingerprint density at radius 2 is 1.83 bits per heavy atom. The molecular weight excluding hydrogens is 337 g/mol. The van der Waals surface area contributed by atoms with Gasteiger partial charge < -0.3 is 10.1 Å². The molecular formula is C17H15Cl2NO3. The predicted octanol–water partition coefficient (Wildman–Crippen LogP) is 4.41. The molecule has 4 nitrogen and oxygen atoms in total. The Labute approximate surface area is 144 Å². The van der Waals surface area contributed by atoms with Crippen molar-refractivity contribution in [3.8, 4) is 0 Å². The first kappa shape index (κ1) is 17.3. The predicted molar refractivity (Wildman–Crippen MR) is 91.3 cm³/mol. The monoisotopic (exact) mass is 351 g/mol. The van der Waals surface area contributed by atoms with Crippen LogP contribution in [0.25, 0.3) is 0 Å². The van der Waals surface area contributed by atoms with E-state index in [-0.39, 0.29) is 10.6 Å². The first-order chi connectivity index (χ1) is 10.9. The third-order valence-corrected chi connectivity index (χ3v) is 3.70. The zero-order chi connectivity index (χ0) is 17.0. The lowest BCUT2D eigenvalue weighted by Gasteiger charge is -2.10. The number of halogens is 2. The van der Waals surface area contributed by atoms with Gasteiger partial charge in [0.2, 0.25) is 0 Å². The molecule has 0 aliphatic heterocycles. The summed E-state index contributed by atoms with van der Waals surface area (Å²) >= 11 is 11.7. The van der Waals surface area contributed by atoms with E-state index in [2.05, 4.69) is 5.32 Å². The number of benzene rings is 2. The van der Waals surface area contributed by atoms with Crippen molar-refractivity contribution < 1.29 is 14.3 Å². The summed E-state index contributed by atoms with van der Waals surface area (Å²) in [6, 6.07) is 10.1. The molecule has 0 aliphatic carbocycles. The van der Waals surface area contributed by atoms with Gasteiger partial charge in [-0.2, -0.15) is 0 Å². The van der Waals surface area contributed by atoms with Crippen LogP contribution in [0.4, 0.5) is 5.69 Å². The number of amides is 1. The quantitative estimate of drug-likeness (QED) is 0.830. The van der Waals surface area contributed by atoms with Crippen LogP contribution in [0.2, 0.25) is 10.0 Å². The van der Waals surface area contributed by atoms with Gasteiger partial charge in [-0.25, -0.2) is 4.79 Å². The number of hydrogen-bond donors (Lipinski definition) is 1. The van der Waals surface area contributed by atoms with Gasteiger partial charge in [-0.15, -0.1) is 0 Å². The summed E-state index contributed by atoms with van der Waals surface area (Å²) < 4.78 is 4.97. The fourth-order valence-corrected chi connectivity index (χ4v) is 2.37. The van der Waals surface area contributed by atoms with Crippen LogP contribution in [0.3, 0.4) is 0 Å². The van der Waals surface area contributed by atoms with Gasteiger partial charge in [-0.3, -0.25) is 4.79 Å². The molecule has 0 heterocycles. The number of hydrogen-bond acceptors (Lipinski definition) is 3. The van der Waals surface area contributed by atoms with Crippen molar-refractivity contribution in [1.82, 2.24) is 0 Å². The second-order valence-corrected chi connectivity index (χ2v) is 5.91. The molecule has 0 saturated heterocycles. The largest absolute Gasteiger partial charge is 0.452 e. The van der Waals surface area contributed by atoms with E-state index in [0.29, 0.717) is 10.7 Å². The molecule has 1 amide bonds. The third-order valence-electron chi connectivity index (χ3n) is 3.14. The van der Waals surface area contributed by atoms with E-state index in [4.69, 9.17) is 27.9 Å². The highest BCUT2D eigenvalue weighted by molar-refractivity contribution is 6.35. The summed E-state index contributed by atoms with van der Waals surface area (Å²) in [4.78, 5) is 23.8. The number of carbonyl (C=O) groups is 2. The zero-order valence-electron chi connectivity index (χ0n) is 12.7. The van der Waals surface area contributed by atoms with Crippen molar-refractivity contribution in [2.24, 2.45) is 0 Å². The molecule has 0 atom stereocenters. The highest BCUT2D eigenvalue weighted by Crippen LogP contribution is 2.21. The number of aryl methyl sites for hydroxylation is 2. The Morgan fingerprint density at radius 3 is 2.52 bits per heavy atom. The van der Waals surface area contributed by atoms with Crippen molar-refractivity contribution in [3.05, 3.63) is 63.1 Å². The maximum atomic E-state index is 11.9. The fourth-order valence-electron chi connectivity index (χ4n) is 2.00. The second kappa shape index (κ2) is 7.49. The van der Waals surface area contributed by atoms with Crippen molar-refractivity contribution in [2.75, 3.05) is 11.9 Å². The first-order valence-electron chi connectivity index (χ1n) is 6.86. The third kappa shape index (κ3) is 4.71. The Kier molecular flexibility index (Phi) is 5.64. The highest BCUT2D eigenvalue weighted by atomic mass is 35.5. The number of nitrogens with one attached hydrogen (secondary N) is 1. The van der Waals surface area contributed by atoms with Crippen LogP contribution < -0.4 is 5.32 Å². The van der Waals surface area contributed by atoms with E-state index in [1.807, 2.05) is 26.0 Å². The topological polar surface area (TPSA) is 55.4 Å². The number of ether oxygens (including phenoxy) is 1. The summed E-state index contributed by atoms with van der Waals surface area (Å²) in [5.74, 6) is -1.13. The molecule has 2 rings (SSSR count). The summed E-state index contributed by atoms with van der Waals surface area (Å²) in [6.07, 6.45) is 0. The van der Waals surface area contributed by atoms with Crippen LogP contribution >= 0.6 is 23.2 Å². The van der Waals surface area contributed by atoms with Crippen molar-refractivity contribution >= 4 is 40.8 Å². The van der Waals surface area contributed by atoms with Crippen molar-refractivity contribution in [1.29, 1.82) is 0 Å². The zero-order valence-corrected chi connectivity index (χ0v) is 14.2. The van der Waals surface area contributed by atoms with Gasteiger partial charge in [0, 0.05) is 10.7 Å². The number of carbonyl (C=O) groups excluding carboxylic acids is 2. The second-order valence-electron chi connectivity index (χ2n) is 5.07. The van der Waals surface area contributed by atoms with Gasteiger partial charge in [-0.1, -0.05) is 40.9 Å². The summed E-state index contributed by atoms with van der Waals surface area (Å²) in [5.41, 5.74) is 2.83. The number of esters is 1. The van der Waals surface area contributed by atoms with Crippen LogP contribution in [-0.2, 0) is 9.53 Å². The van der Waals surface area contributed by atoms with E-state index < -0.39 is 18.5 Å². The molecule has 0 unspecified atom stereocenters. The molecule has 6 heteroatoms. The average molecular weight is 352 g/mol. The summed E-state index contributed by atoms with van der Waals surface area (Å²) in [5, 5.41) is 3.27. The van der Waals surface area contributed by atoms with Gasteiger partial charge in [0.05, 0.1) is 10.6 Å². The molecule has 0 radical (unpaired) electrons. The van der Waals surface area contributed by atoms with E-state index in [1.165, 1.54) is 12.1 Å². The van der Waals surface area contributed by atoms with Gasteiger partial charge in [0.1, 0.15) is 0 Å². The lowest BCUT2D eigenvalue weighted by molar-refractivity contribution is -0.119. The van der Waals surface area contributed by atoms with Crippen LogP contribution in [0.15, 0.2) is 36.4 Å². The minimum atomic E-state index is -0.701. The fraction of sp³-hybridized carbons (Fsp3) is 0.176. The maximum absolute atomic E-state index is 11.9. The van der Waals surface area contributed by atoms with Crippen LogP contribution in [-0.4, -0.2) is 18.5 Å². The lowest BCUT2D eigenvalue weighted by atomic mass is 10.1. The Bertz CT molecular complexity index is 759. The maximum Gasteiger partial charge on any atom is 0.340 e. The standard InChI is InChI=1S/C17H15Cl2NO3/c1-10-3-6-15(11(2)7-10)20-16(21)9-23-17(22)13-8-12(18)4-5-14(13)19/h3-8H,9H2,1-2H3,(H,20,21). The minimum Gasteiger partial charge on any atom is -0.452 e. The van der Waals surface area contributed by atoms with E-state index >= 15 is 0 Å². The molecule has 0 aliphatic rings. The molecule has 0 fully saturated rings. The SMILES string of the molecule is Cc1ccc(NC(=O)COC(=O)c2cc(Cl)ccc2Cl)c(C)c1. The Morgan fingerprint density at radius 1 is 1.09 bits per heavy atom. The van der Waals surface area contributed by atoms with E-state index in [1.54, 1.807) is 12.1 Å². The highest BCUT2D eigenvalue weighted by Gasteiger charge is 2.14. The van der Waals surface area contributed by atoms with E-state index in [0.717, 1.165) is 11.1 Å². The molecule has 120 valence electrons. The summed E-state index contributed by atoms with van der Waals surface area (Å²) in [7, 11) is 0. The number of rotatable bonds is 4. The molecule has 0 aromatic heterocycles. The molecule has 1 N–H and O–H groups in total. The van der Waals surface area contributed by atoms with Crippen LogP contribution in [0.1, 0.15) is 21.5 Å². The van der Waals surface area contributed by atoms with Gasteiger partial charge >= 0.3 is 5.97 Å². The smallest absolute Gasteiger partial charge is 0.340 e. The molecule has 2 aromatic rings. The van der Waals surface area contributed by atoms with Gasteiger partial charge in [0.15, 0.2) is 6.61 Å². The number of anilines is 1. The van der Waals surface area contributed by atoms with Crippen molar-refractivity contribution in [2.45, 2.75) is 13.8 Å². The van der Waals surface area contributed by atoms with Crippen LogP contribution in [0.5, 0.6) is 0 Å². The van der Waals surface area contributed by atoms with Crippen LogP contribution in [0, 0.1) is 13.8 Å². The molecule has 23 heavy (non-hydrogen) atoms. The lowest BCUT2D eigenvalue weighted by Crippen LogP contribution is -2.21. The van der Waals surface area contributed by atoms with Crippen molar-refractivity contribution in [3.63, 3.8) is 0 Å². The first-order valence-corrected chi connectivity index (χ1v) is 7.61. The van der Waals surface area contributed by atoms with E-state index in [9.17, 15) is 9.59 Å².